The summed E-state index contributed by atoms with van der Waals surface area (Å²) in [6.07, 6.45) is 3.54. The molecule has 1 saturated heterocycles. The largest absolute Gasteiger partial charge is 0.493 e. The predicted octanol–water partition coefficient (Wildman–Crippen LogP) is 1.69. The SMILES string of the molecule is COc1ccc(CNC(=O)CN2C(=O)C(=O)N([C@@H]3CCCC[C@H]3C)C2=O)cc1OC. The van der Waals surface area contributed by atoms with Crippen LogP contribution in [0, 0.1) is 5.92 Å². The number of ether oxygens (including phenoxy) is 2. The summed E-state index contributed by atoms with van der Waals surface area (Å²) in [7, 11) is 3.04. The quantitative estimate of drug-likeness (QED) is 0.535. The van der Waals surface area contributed by atoms with Crippen LogP contribution >= 0.6 is 0 Å². The molecule has 2 fully saturated rings. The molecular weight excluding hydrogens is 390 g/mol. The van der Waals surface area contributed by atoms with Gasteiger partial charge in [-0.2, -0.15) is 0 Å². The number of imide groups is 2. The van der Waals surface area contributed by atoms with Crippen molar-refractivity contribution < 1.29 is 28.7 Å². The van der Waals surface area contributed by atoms with Crippen molar-refractivity contribution in [3.63, 3.8) is 0 Å². The van der Waals surface area contributed by atoms with E-state index in [1.165, 1.54) is 14.2 Å². The van der Waals surface area contributed by atoms with E-state index in [1.807, 2.05) is 6.92 Å². The molecule has 1 aromatic rings. The van der Waals surface area contributed by atoms with Crippen molar-refractivity contribution in [2.75, 3.05) is 20.8 Å². The molecule has 1 aromatic carbocycles. The molecule has 1 aliphatic heterocycles. The van der Waals surface area contributed by atoms with Gasteiger partial charge in [-0.1, -0.05) is 25.8 Å². The van der Waals surface area contributed by atoms with Crippen LogP contribution < -0.4 is 14.8 Å². The average Bonchev–Trinajstić information content (AvgIpc) is 2.95. The maximum absolute atomic E-state index is 12.7. The number of nitrogens with zero attached hydrogens (tertiary/aromatic N) is 2. The highest BCUT2D eigenvalue weighted by atomic mass is 16.5. The van der Waals surface area contributed by atoms with Crippen LogP contribution in [0.1, 0.15) is 38.2 Å². The smallest absolute Gasteiger partial charge is 0.334 e. The lowest BCUT2D eigenvalue weighted by Gasteiger charge is -2.34. The predicted molar refractivity (Wildman–Crippen MR) is 107 cm³/mol. The molecule has 0 aromatic heterocycles. The summed E-state index contributed by atoms with van der Waals surface area (Å²) in [4.78, 5) is 51.6. The summed E-state index contributed by atoms with van der Waals surface area (Å²) in [5.41, 5.74) is 0.758. The van der Waals surface area contributed by atoms with Crippen LogP contribution in [0.2, 0.25) is 0 Å². The molecule has 1 heterocycles. The third-order valence-corrected chi connectivity index (χ3v) is 5.72. The maximum Gasteiger partial charge on any atom is 0.334 e. The molecule has 9 nitrogen and oxygen atoms in total. The van der Waals surface area contributed by atoms with Gasteiger partial charge in [-0.25, -0.2) is 9.69 Å². The highest BCUT2D eigenvalue weighted by Gasteiger charge is 2.49. The van der Waals surface area contributed by atoms with E-state index in [9.17, 15) is 19.2 Å². The maximum atomic E-state index is 12.7. The van der Waals surface area contributed by atoms with E-state index in [1.54, 1.807) is 18.2 Å². The Morgan fingerprint density at radius 2 is 1.77 bits per heavy atom. The molecule has 1 N–H and O–H groups in total. The highest BCUT2D eigenvalue weighted by Crippen LogP contribution is 2.31. The molecule has 0 bridgehead atoms. The van der Waals surface area contributed by atoms with Crippen LogP contribution in [-0.2, 0) is 20.9 Å². The van der Waals surface area contributed by atoms with E-state index in [0.29, 0.717) is 17.9 Å². The fourth-order valence-electron chi connectivity index (χ4n) is 4.03. The van der Waals surface area contributed by atoms with Crippen LogP contribution in [0.15, 0.2) is 18.2 Å². The van der Waals surface area contributed by atoms with Gasteiger partial charge in [-0.15, -0.1) is 0 Å². The Morgan fingerprint density at radius 3 is 2.43 bits per heavy atom. The van der Waals surface area contributed by atoms with E-state index >= 15 is 0 Å². The summed E-state index contributed by atoms with van der Waals surface area (Å²) < 4.78 is 10.4. The molecule has 5 amide bonds. The first kappa shape index (κ1) is 21.6. The normalized spacial score (nSPS) is 21.8. The lowest BCUT2D eigenvalue weighted by Crippen LogP contribution is -2.47. The molecule has 0 radical (unpaired) electrons. The second-order valence-electron chi connectivity index (χ2n) is 7.64. The number of amides is 5. The van der Waals surface area contributed by atoms with Gasteiger partial charge in [0.05, 0.1) is 14.2 Å². The number of hydrogen-bond donors (Lipinski definition) is 1. The van der Waals surface area contributed by atoms with Crippen molar-refractivity contribution in [1.82, 2.24) is 15.1 Å². The van der Waals surface area contributed by atoms with Crippen LogP contribution in [-0.4, -0.2) is 60.4 Å². The standard InChI is InChI=1S/C21H27N3O6/c1-13-6-4-5-7-15(13)24-20(27)19(26)23(21(24)28)12-18(25)22-11-14-8-9-16(29-2)17(10-14)30-3/h8-10,13,15H,4-7,11-12H2,1-3H3,(H,22,25)/t13-,15-/m1/s1. The van der Waals surface area contributed by atoms with Gasteiger partial charge < -0.3 is 14.8 Å². The first-order chi connectivity index (χ1) is 14.4. The number of carbonyl (C=O) groups is 4. The molecule has 162 valence electrons. The number of benzene rings is 1. The molecule has 3 rings (SSSR count). The van der Waals surface area contributed by atoms with Gasteiger partial charge in [0.25, 0.3) is 0 Å². The minimum absolute atomic E-state index is 0.137. The van der Waals surface area contributed by atoms with E-state index in [-0.39, 0.29) is 18.5 Å². The lowest BCUT2D eigenvalue weighted by atomic mass is 9.85. The Kier molecular flexibility index (Phi) is 6.59. The van der Waals surface area contributed by atoms with Gasteiger partial charge >= 0.3 is 17.8 Å². The summed E-state index contributed by atoms with van der Waals surface area (Å²) >= 11 is 0. The van der Waals surface area contributed by atoms with Gasteiger partial charge in [0.15, 0.2) is 11.5 Å². The van der Waals surface area contributed by atoms with Crippen molar-refractivity contribution in [3.05, 3.63) is 23.8 Å². The number of rotatable bonds is 7. The van der Waals surface area contributed by atoms with Crippen LogP contribution in [0.25, 0.3) is 0 Å². The fraction of sp³-hybridized carbons (Fsp3) is 0.524. The van der Waals surface area contributed by atoms with E-state index < -0.39 is 30.3 Å². The first-order valence-electron chi connectivity index (χ1n) is 10.0. The van der Waals surface area contributed by atoms with E-state index in [0.717, 1.165) is 34.6 Å². The number of nitrogens with one attached hydrogen (secondary N) is 1. The first-order valence-corrected chi connectivity index (χ1v) is 10.0. The molecule has 9 heteroatoms. The summed E-state index contributed by atoms with van der Waals surface area (Å²) in [6.45, 7) is 1.66. The average molecular weight is 417 g/mol. The van der Waals surface area contributed by atoms with E-state index in [4.69, 9.17) is 9.47 Å². The van der Waals surface area contributed by atoms with Crippen LogP contribution in [0.4, 0.5) is 4.79 Å². The van der Waals surface area contributed by atoms with Crippen molar-refractivity contribution in [3.8, 4) is 11.5 Å². The summed E-state index contributed by atoms with van der Waals surface area (Å²) in [5.74, 6) is -1.09. The minimum Gasteiger partial charge on any atom is -0.493 e. The molecule has 1 aliphatic carbocycles. The number of carbonyl (C=O) groups excluding carboxylic acids is 4. The van der Waals surface area contributed by atoms with Gasteiger partial charge in [0.2, 0.25) is 5.91 Å². The van der Waals surface area contributed by atoms with Crippen molar-refractivity contribution in [1.29, 1.82) is 0 Å². The number of urea groups is 1. The summed E-state index contributed by atoms with van der Waals surface area (Å²) in [6, 6.07) is 4.22. The molecule has 2 atom stereocenters. The fourth-order valence-corrected chi connectivity index (χ4v) is 4.03. The van der Waals surface area contributed by atoms with Crippen molar-refractivity contribution in [2.24, 2.45) is 5.92 Å². The van der Waals surface area contributed by atoms with Crippen LogP contribution in [0.3, 0.4) is 0 Å². The Morgan fingerprint density at radius 1 is 1.07 bits per heavy atom. The zero-order chi connectivity index (χ0) is 21.8. The Hall–Kier alpha value is -3.10. The Balaban J connectivity index is 1.61. The van der Waals surface area contributed by atoms with Crippen molar-refractivity contribution >= 4 is 23.8 Å². The lowest BCUT2D eigenvalue weighted by molar-refractivity contribution is -0.145. The van der Waals surface area contributed by atoms with Gasteiger partial charge in [-0.3, -0.25) is 19.3 Å². The molecule has 1 saturated carbocycles. The van der Waals surface area contributed by atoms with Crippen molar-refractivity contribution in [2.45, 2.75) is 45.2 Å². The monoisotopic (exact) mass is 417 g/mol. The molecule has 30 heavy (non-hydrogen) atoms. The zero-order valence-electron chi connectivity index (χ0n) is 17.5. The zero-order valence-corrected chi connectivity index (χ0v) is 17.5. The highest BCUT2D eigenvalue weighted by molar-refractivity contribution is 6.45. The Labute approximate surface area is 175 Å². The molecule has 0 unspecified atom stereocenters. The van der Waals surface area contributed by atoms with Gasteiger partial charge in [0, 0.05) is 12.6 Å². The summed E-state index contributed by atoms with van der Waals surface area (Å²) in [5, 5.41) is 2.66. The van der Waals surface area contributed by atoms with Gasteiger partial charge in [0.1, 0.15) is 6.54 Å². The third kappa shape index (κ3) is 4.24. The third-order valence-electron chi connectivity index (χ3n) is 5.72. The second-order valence-corrected chi connectivity index (χ2v) is 7.64. The second kappa shape index (κ2) is 9.15. The molecule has 0 spiro atoms. The number of methoxy groups -OCH3 is 2. The Bertz CT molecular complexity index is 855. The molecule has 2 aliphatic rings. The van der Waals surface area contributed by atoms with E-state index in [2.05, 4.69) is 5.32 Å². The number of hydrogen-bond acceptors (Lipinski definition) is 6. The van der Waals surface area contributed by atoms with Gasteiger partial charge in [-0.05, 0) is 36.5 Å². The van der Waals surface area contributed by atoms with Crippen LogP contribution in [0.5, 0.6) is 11.5 Å². The topological polar surface area (TPSA) is 105 Å². The molecular formula is C21H27N3O6. The minimum atomic E-state index is -0.945.